The monoisotopic (exact) mass is 238 g/mol. The summed E-state index contributed by atoms with van der Waals surface area (Å²) >= 11 is 0. The highest BCUT2D eigenvalue weighted by Crippen LogP contribution is 2.27. The van der Waals surface area contributed by atoms with E-state index in [1.807, 2.05) is 6.20 Å². The highest BCUT2D eigenvalue weighted by molar-refractivity contribution is 5.78. The van der Waals surface area contributed by atoms with Gasteiger partial charge in [0.1, 0.15) is 0 Å². The predicted molar refractivity (Wildman–Crippen MR) is 74.0 cm³/mol. The molecule has 1 unspecified atom stereocenters. The Hall–Kier alpha value is -1.75. The van der Waals surface area contributed by atoms with Crippen molar-refractivity contribution < 1.29 is 0 Å². The minimum atomic E-state index is 0.466. The van der Waals surface area contributed by atoms with Crippen LogP contribution in [0.2, 0.25) is 0 Å². The third-order valence-corrected chi connectivity index (χ3v) is 3.44. The molecule has 1 aromatic carbocycles. The standard InChI is InChI=1S/C16H18N2/c1-13(6-7-14-8-9-14)10-11-18-16-5-3-2-4-15(16)12-17-18/h2-5,12-14H,8-11H2,1H3. The van der Waals surface area contributed by atoms with Crippen LogP contribution in [-0.4, -0.2) is 9.78 Å². The predicted octanol–water partition coefficient (Wildman–Crippen LogP) is 3.48. The summed E-state index contributed by atoms with van der Waals surface area (Å²) in [6.07, 6.45) is 5.63. The van der Waals surface area contributed by atoms with Gasteiger partial charge in [0, 0.05) is 23.8 Å². The van der Waals surface area contributed by atoms with Crippen molar-refractivity contribution >= 4 is 10.9 Å². The molecule has 1 fully saturated rings. The van der Waals surface area contributed by atoms with Crippen LogP contribution in [0.1, 0.15) is 26.2 Å². The average molecular weight is 238 g/mol. The molecule has 0 amide bonds. The summed E-state index contributed by atoms with van der Waals surface area (Å²) in [4.78, 5) is 0. The Kier molecular flexibility index (Phi) is 3.06. The SMILES string of the molecule is CC(C#CC1CC1)CCn1ncc2ccccc21. The molecule has 1 atom stereocenters. The first-order chi connectivity index (χ1) is 8.83. The molecule has 1 aliphatic rings. The molecule has 0 N–H and O–H groups in total. The van der Waals surface area contributed by atoms with Crippen LogP contribution in [0.15, 0.2) is 30.5 Å². The van der Waals surface area contributed by atoms with Crippen molar-refractivity contribution in [2.24, 2.45) is 11.8 Å². The maximum absolute atomic E-state index is 4.44. The Balaban J connectivity index is 1.64. The molecule has 2 heteroatoms. The van der Waals surface area contributed by atoms with Crippen molar-refractivity contribution in [3.8, 4) is 11.8 Å². The lowest BCUT2D eigenvalue weighted by atomic mass is 10.1. The van der Waals surface area contributed by atoms with Gasteiger partial charge in [-0.15, -0.1) is 0 Å². The normalized spacial score (nSPS) is 16.3. The highest BCUT2D eigenvalue weighted by Gasteiger charge is 2.17. The van der Waals surface area contributed by atoms with Crippen molar-refractivity contribution in [1.82, 2.24) is 9.78 Å². The largest absolute Gasteiger partial charge is 0.265 e. The van der Waals surface area contributed by atoms with Gasteiger partial charge < -0.3 is 0 Å². The highest BCUT2D eigenvalue weighted by atomic mass is 15.3. The molecule has 18 heavy (non-hydrogen) atoms. The summed E-state index contributed by atoms with van der Waals surface area (Å²) in [5, 5.41) is 5.66. The molecule has 92 valence electrons. The summed E-state index contributed by atoms with van der Waals surface area (Å²) in [5.74, 6) is 7.88. The van der Waals surface area contributed by atoms with Gasteiger partial charge in [0.25, 0.3) is 0 Å². The van der Waals surface area contributed by atoms with Crippen LogP contribution in [0.25, 0.3) is 10.9 Å². The molecule has 0 bridgehead atoms. The van der Waals surface area contributed by atoms with E-state index in [2.05, 4.69) is 52.8 Å². The molecular weight excluding hydrogens is 220 g/mol. The zero-order chi connectivity index (χ0) is 12.4. The molecule has 0 aliphatic heterocycles. The summed E-state index contributed by atoms with van der Waals surface area (Å²) in [5.41, 5.74) is 1.22. The molecule has 1 aromatic heterocycles. The third kappa shape index (κ3) is 2.56. The van der Waals surface area contributed by atoms with E-state index in [1.165, 1.54) is 23.7 Å². The quantitative estimate of drug-likeness (QED) is 0.749. The number of fused-ring (bicyclic) bond motifs is 1. The molecule has 0 saturated heterocycles. The zero-order valence-corrected chi connectivity index (χ0v) is 10.8. The lowest BCUT2D eigenvalue weighted by molar-refractivity contribution is 0.537. The van der Waals surface area contributed by atoms with E-state index in [0.717, 1.165) is 13.0 Å². The van der Waals surface area contributed by atoms with Crippen LogP contribution in [0.3, 0.4) is 0 Å². The van der Waals surface area contributed by atoms with Crippen LogP contribution in [0.5, 0.6) is 0 Å². The second-order valence-electron chi connectivity index (χ2n) is 5.18. The van der Waals surface area contributed by atoms with Gasteiger partial charge >= 0.3 is 0 Å². The molecule has 2 nitrogen and oxygen atoms in total. The summed E-state index contributed by atoms with van der Waals surface area (Å²) in [6, 6.07) is 8.35. The Bertz CT molecular complexity index is 596. The first kappa shape index (κ1) is 11.3. The third-order valence-electron chi connectivity index (χ3n) is 3.44. The minimum absolute atomic E-state index is 0.466. The number of rotatable bonds is 3. The van der Waals surface area contributed by atoms with Gasteiger partial charge in [0.2, 0.25) is 0 Å². The minimum Gasteiger partial charge on any atom is -0.265 e. The average Bonchev–Trinajstić information content (AvgIpc) is 3.14. The fourth-order valence-corrected chi connectivity index (χ4v) is 2.08. The van der Waals surface area contributed by atoms with Crippen molar-refractivity contribution in [3.63, 3.8) is 0 Å². The summed E-state index contributed by atoms with van der Waals surface area (Å²) in [6.45, 7) is 3.16. The zero-order valence-electron chi connectivity index (χ0n) is 10.8. The van der Waals surface area contributed by atoms with Crippen molar-refractivity contribution in [1.29, 1.82) is 0 Å². The molecule has 2 aromatic rings. The van der Waals surface area contributed by atoms with E-state index in [4.69, 9.17) is 0 Å². The van der Waals surface area contributed by atoms with E-state index in [9.17, 15) is 0 Å². The van der Waals surface area contributed by atoms with Gasteiger partial charge in [0.05, 0.1) is 11.7 Å². The van der Waals surface area contributed by atoms with Gasteiger partial charge in [-0.3, -0.25) is 4.68 Å². The number of hydrogen-bond acceptors (Lipinski definition) is 1. The molecule has 3 rings (SSSR count). The van der Waals surface area contributed by atoms with Crippen LogP contribution < -0.4 is 0 Å². The maximum atomic E-state index is 4.44. The first-order valence-corrected chi connectivity index (χ1v) is 6.74. The number of aryl methyl sites for hydroxylation is 1. The Morgan fingerprint density at radius 3 is 3.06 bits per heavy atom. The Labute approximate surface area is 108 Å². The van der Waals surface area contributed by atoms with E-state index in [-0.39, 0.29) is 0 Å². The number of aromatic nitrogens is 2. The molecular formula is C16H18N2. The lowest BCUT2D eigenvalue weighted by Gasteiger charge is -2.05. The molecule has 0 radical (unpaired) electrons. The van der Waals surface area contributed by atoms with Gasteiger partial charge in [-0.25, -0.2) is 0 Å². The summed E-state index contributed by atoms with van der Waals surface area (Å²) < 4.78 is 2.09. The number of nitrogens with zero attached hydrogens (tertiary/aromatic N) is 2. The molecule has 1 aliphatic carbocycles. The summed E-state index contributed by atoms with van der Waals surface area (Å²) in [7, 11) is 0. The first-order valence-electron chi connectivity index (χ1n) is 6.74. The second-order valence-corrected chi connectivity index (χ2v) is 5.18. The maximum Gasteiger partial charge on any atom is 0.0682 e. The fraction of sp³-hybridized carbons (Fsp3) is 0.438. The van der Waals surface area contributed by atoms with Crippen molar-refractivity contribution in [2.75, 3.05) is 0 Å². The molecule has 1 heterocycles. The van der Waals surface area contributed by atoms with Gasteiger partial charge in [-0.2, -0.15) is 5.10 Å². The van der Waals surface area contributed by atoms with Gasteiger partial charge in [-0.1, -0.05) is 37.0 Å². The van der Waals surface area contributed by atoms with E-state index >= 15 is 0 Å². The van der Waals surface area contributed by atoms with Crippen LogP contribution in [0, 0.1) is 23.7 Å². The number of benzene rings is 1. The van der Waals surface area contributed by atoms with E-state index < -0.39 is 0 Å². The fourth-order valence-electron chi connectivity index (χ4n) is 2.08. The lowest BCUT2D eigenvalue weighted by Crippen LogP contribution is -2.03. The van der Waals surface area contributed by atoms with Crippen LogP contribution >= 0.6 is 0 Å². The van der Waals surface area contributed by atoms with Crippen molar-refractivity contribution in [3.05, 3.63) is 30.5 Å². The van der Waals surface area contributed by atoms with Gasteiger partial charge in [0.15, 0.2) is 0 Å². The van der Waals surface area contributed by atoms with Crippen LogP contribution in [-0.2, 0) is 6.54 Å². The smallest absolute Gasteiger partial charge is 0.0682 e. The number of hydrogen-bond donors (Lipinski definition) is 0. The Morgan fingerprint density at radius 2 is 2.22 bits per heavy atom. The van der Waals surface area contributed by atoms with E-state index in [0.29, 0.717) is 11.8 Å². The topological polar surface area (TPSA) is 17.8 Å². The molecule has 1 saturated carbocycles. The number of para-hydroxylation sites is 1. The van der Waals surface area contributed by atoms with Crippen LogP contribution in [0.4, 0.5) is 0 Å². The second kappa shape index (κ2) is 4.86. The molecule has 0 spiro atoms. The van der Waals surface area contributed by atoms with Gasteiger partial charge in [-0.05, 0) is 25.3 Å². The van der Waals surface area contributed by atoms with Crippen molar-refractivity contribution in [2.45, 2.75) is 32.7 Å². The Morgan fingerprint density at radius 1 is 1.39 bits per heavy atom. The van der Waals surface area contributed by atoms with E-state index in [1.54, 1.807) is 0 Å².